The average Bonchev–Trinajstić information content (AvgIpc) is 2.30. The van der Waals surface area contributed by atoms with Crippen LogP contribution in [-0.2, 0) is 0 Å². The van der Waals surface area contributed by atoms with E-state index >= 15 is 0 Å². The summed E-state index contributed by atoms with van der Waals surface area (Å²) in [4.78, 5) is 11.4. The van der Waals surface area contributed by atoms with Crippen LogP contribution in [-0.4, -0.2) is 23.3 Å². The number of Topliss-reactive ketones (excluding diaryl/α,β-unsaturated/α-hetero) is 1. The number of carbonyl (C=O) groups is 1. The van der Waals surface area contributed by atoms with Crippen molar-refractivity contribution >= 4 is 28.9 Å². The molecule has 4 heteroatoms. The summed E-state index contributed by atoms with van der Waals surface area (Å²) < 4.78 is 0.387. The van der Waals surface area contributed by atoms with Gasteiger partial charge in [0.2, 0.25) is 0 Å². The Kier molecular flexibility index (Phi) is 3.85. The Balaban J connectivity index is 2.06. The number of nitrogens with one attached hydrogen (secondary N) is 1. The molecule has 0 spiro atoms. The number of carbonyl (C=O) groups excluding carboxylic acids is 1. The van der Waals surface area contributed by atoms with Crippen molar-refractivity contribution in [3.8, 4) is 0 Å². The van der Waals surface area contributed by atoms with Crippen LogP contribution in [0.5, 0.6) is 0 Å². The molecule has 1 aliphatic carbocycles. The normalized spacial score (nSPS) is 17.0. The second-order valence-electron chi connectivity index (χ2n) is 4.95. The first kappa shape index (κ1) is 13.3. The Morgan fingerprint density at radius 3 is 2.72 bits per heavy atom. The van der Waals surface area contributed by atoms with Gasteiger partial charge in [-0.05, 0) is 44.2 Å². The fraction of sp³-hybridized carbons (Fsp3) is 0.500. The van der Waals surface area contributed by atoms with E-state index in [4.69, 9.17) is 5.73 Å². The molecular weight excluding hydrogens is 244 g/mol. The highest BCUT2D eigenvalue weighted by Crippen LogP contribution is 2.42. The monoisotopic (exact) mass is 264 g/mol. The minimum Gasteiger partial charge on any atom is -0.398 e. The zero-order valence-corrected chi connectivity index (χ0v) is 11.8. The molecule has 0 saturated heterocycles. The molecule has 1 aliphatic rings. The van der Waals surface area contributed by atoms with E-state index in [1.807, 2.05) is 23.9 Å². The van der Waals surface area contributed by atoms with E-state index in [9.17, 15) is 4.79 Å². The van der Waals surface area contributed by atoms with E-state index in [-0.39, 0.29) is 5.78 Å². The number of thioether (sulfide) groups is 1. The first-order valence-corrected chi connectivity index (χ1v) is 7.48. The van der Waals surface area contributed by atoms with Crippen LogP contribution < -0.4 is 11.1 Å². The fourth-order valence-electron chi connectivity index (χ4n) is 2.26. The van der Waals surface area contributed by atoms with Gasteiger partial charge in [-0.2, -0.15) is 11.8 Å². The number of anilines is 2. The van der Waals surface area contributed by atoms with Crippen molar-refractivity contribution in [2.24, 2.45) is 0 Å². The summed E-state index contributed by atoms with van der Waals surface area (Å²) in [5.74, 6) is 0.0133. The van der Waals surface area contributed by atoms with Crippen molar-refractivity contribution in [2.45, 2.75) is 30.9 Å². The molecule has 3 N–H and O–H groups in total. The minimum atomic E-state index is 0.0133. The molecule has 1 fully saturated rings. The summed E-state index contributed by atoms with van der Waals surface area (Å²) in [6.45, 7) is 2.50. The predicted octanol–water partition coefficient (Wildman–Crippen LogP) is 3.17. The molecule has 0 amide bonds. The molecule has 0 aromatic heterocycles. The maximum atomic E-state index is 11.4. The van der Waals surface area contributed by atoms with Gasteiger partial charge in [0.25, 0.3) is 0 Å². The molecule has 1 aromatic rings. The average molecular weight is 264 g/mol. The number of nitrogen functional groups attached to an aromatic ring is 1. The summed E-state index contributed by atoms with van der Waals surface area (Å²) in [7, 11) is 0. The third-order valence-corrected chi connectivity index (χ3v) is 5.16. The third-order valence-electron chi connectivity index (χ3n) is 3.75. The topological polar surface area (TPSA) is 55.1 Å². The molecule has 0 bridgehead atoms. The molecule has 2 rings (SSSR count). The lowest BCUT2D eigenvalue weighted by molar-refractivity contribution is 0.101. The standard InChI is InChI=1S/C14H20N2OS/c1-10(17)12-8-11(4-5-13(12)15)16-9-14(18-2)6-3-7-14/h4-5,8,16H,3,6-7,9,15H2,1-2H3. The molecule has 0 radical (unpaired) electrons. The maximum absolute atomic E-state index is 11.4. The minimum absolute atomic E-state index is 0.0133. The fourth-order valence-corrected chi connectivity index (χ4v) is 3.17. The Morgan fingerprint density at radius 2 is 2.22 bits per heavy atom. The van der Waals surface area contributed by atoms with Crippen molar-refractivity contribution in [1.82, 2.24) is 0 Å². The third kappa shape index (κ3) is 2.64. The van der Waals surface area contributed by atoms with E-state index in [1.54, 1.807) is 13.0 Å². The number of hydrogen-bond donors (Lipinski definition) is 2. The van der Waals surface area contributed by atoms with Crippen molar-refractivity contribution in [1.29, 1.82) is 0 Å². The molecule has 0 unspecified atom stereocenters. The number of nitrogens with two attached hydrogens (primary N) is 1. The van der Waals surface area contributed by atoms with Crippen LogP contribution in [0.15, 0.2) is 18.2 Å². The first-order chi connectivity index (χ1) is 8.56. The highest BCUT2D eigenvalue weighted by molar-refractivity contribution is 8.00. The number of rotatable bonds is 5. The van der Waals surface area contributed by atoms with Crippen LogP contribution >= 0.6 is 11.8 Å². The van der Waals surface area contributed by atoms with Gasteiger partial charge in [0, 0.05) is 28.2 Å². The number of hydrogen-bond acceptors (Lipinski definition) is 4. The van der Waals surface area contributed by atoms with Crippen molar-refractivity contribution in [3.05, 3.63) is 23.8 Å². The number of ketones is 1. The maximum Gasteiger partial charge on any atom is 0.161 e. The smallest absolute Gasteiger partial charge is 0.161 e. The molecule has 0 atom stereocenters. The van der Waals surface area contributed by atoms with Crippen LogP contribution in [0.25, 0.3) is 0 Å². The predicted molar refractivity (Wildman–Crippen MR) is 79.4 cm³/mol. The van der Waals surface area contributed by atoms with Crippen LogP contribution in [0.4, 0.5) is 11.4 Å². The zero-order chi connectivity index (χ0) is 13.2. The van der Waals surface area contributed by atoms with Crippen LogP contribution in [0, 0.1) is 0 Å². The molecule has 3 nitrogen and oxygen atoms in total. The molecule has 1 aromatic carbocycles. The summed E-state index contributed by atoms with van der Waals surface area (Å²) in [5, 5.41) is 3.43. The van der Waals surface area contributed by atoms with Gasteiger partial charge < -0.3 is 11.1 Å². The van der Waals surface area contributed by atoms with Crippen molar-refractivity contribution in [2.75, 3.05) is 23.9 Å². The second kappa shape index (κ2) is 5.22. The summed E-state index contributed by atoms with van der Waals surface area (Å²) in [6, 6.07) is 5.59. The van der Waals surface area contributed by atoms with Crippen molar-refractivity contribution in [3.63, 3.8) is 0 Å². The molecule has 98 valence electrons. The van der Waals surface area contributed by atoms with Gasteiger partial charge in [-0.15, -0.1) is 0 Å². The van der Waals surface area contributed by atoms with Crippen molar-refractivity contribution < 1.29 is 4.79 Å². The molecule has 0 aliphatic heterocycles. The van der Waals surface area contributed by atoms with Gasteiger partial charge in [-0.25, -0.2) is 0 Å². The lowest BCUT2D eigenvalue weighted by atomic mass is 9.84. The van der Waals surface area contributed by atoms with E-state index in [1.165, 1.54) is 19.3 Å². The van der Waals surface area contributed by atoms with E-state index in [0.29, 0.717) is 16.0 Å². The molecule has 0 heterocycles. The lowest BCUT2D eigenvalue weighted by Gasteiger charge is -2.40. The molecule has 1 saturated carbocycles. The van der Waals surface area contributed by atoms with Gasteiger partial charge in [-0.1, -0.05) is 6.42 Å². The molecule has 18 heavy (non-hydrogen) atoms. The Morgan fingerprint density at radius 1 is 1.50 bits per heavy atom. The quantitative estimate of drug-likeness (QED) is 0.633. The van der Waals surface area contributed by atoms with E-state index in [2.05, 4.69) is 11.6 Å². The molecular formula is C14H20N2OS. The van der Waals surface area contributed by atoms with Crippen LogP contribution in [0.2, 0.25) is 0 Å². The van der Waals surface area contributed by atoms with Crippen LogP contribution in [0.1, 0.15) is 36.5 Å². The van der Waals surface area contributed by atoms with Gasteiger partial charge in [0.1, 0.15) is 0 Å². The summed E-state index contributed by atoms with van der Waals surface area (Å²) in [6.07, 6.45) is 6.04. The summed E-state index contributed by atoms with van der Waals surface area (Å²) >= 11 is 1.94. The Labute approximate surface area is 113 Å². The highest BCUT2D eigenvalue weighted by Gasteiger charge is 2.35. The first-order valence-electron chi connectivity index (χ1n) is 6.26. The Hall–Kier alpha value is -1.16. The van der Waals surface area contributed by atoms with E-state index in [0.717, 1.165) is 12.2 Å². The Bertz CT molecular complexity index is 450. The summed E-state index contributed by atoms with van der Waals surface area (Å²) in [5.41, 5.74) is 7.92. The van der Waals surface area contributed by atoms with Gasteiger partial charge in [0.05, 0.1) is 0 Å². The van der Waals surface area contributed by atoms with Gasteiger partial charge in [-0.3, -0.25) is 4.79 Å². The second-order valence-corrected chi connectivity index (χ2v) is 6.23. The largest absolute Gasteiger partial charge is 0.398 e. The lowest BCUT2D eigenvalue weighted by Crippen LogP contribution is -2.40. The van der Waals surface area contributed by atoms with Crippen LogP contribution in [0.3, 0.4) is 0 Å². The van der Waals surface area contributed by atoms with Gasteiger partial charge >= 0.3 is 0 Å². The van der Waals surface area contributed by atoms with Gasteiger partial charge in [0.15, 0.2) is 5.78 Å². The SMILES string of the molecule is CSC1(CNc2ccc(N)c(C(C)=O)c2)CCC1. The number of benzene rings is 1. The van der Waals surface area contributed by atoms with E-state index < -0.39 is 0 Å². The highest BCUT2D eigenvalue weighted by atomic mass is 32.2. The zero-order valence-electron chi connectivity index (χ0n) is 11.0.